The van der Waals surface area contributed by atoms with Crippen LogP contribution in [0.4, 0.5) is 20.3 Å². The van der Waals surface area contributed by atoms with Crippen molar-refractivity contribution in [3.63, 3.8) is 0 Å². The van der Waals surface area contributed by atoms with Crippen LogP contribution in [0.15, 0.2) is 30.6 Å². The summed E-state index contributed by atoms with van der Waals surface area (Å²) in [5.41, 5.74) is -0.238. The van der Waals surface area contributed by atoms with E-state index in [-0.39, 0.29) is 11.4 Å². The van der Waals surface area contributed by atoms with E-state index in [0.717, 1.165) is 18.2 Å². The zero-order valence-corrected chi connectivity index (χ0v) is 10.7. The van der Waals surface area contributed by atoms with E-state index >= 15 is 0 Å². The summed E-state index contributed by atoms with van der Waals surface area (Å²) >= 11 is 0. The quantitative estimate of drug-likeness (QED) is 0.901. The largest absolute Gasteiger partial charge is 0.369 e. The highest BCUT2D eigenvalue weighted by atomic mass is 19.1. The van der Waals surface area contributed by atoms with Gasteiger partial charge in [0.25, 0.3) is 5.91 Å². The van der Waals surface area contributed by atoms with E-state index in [1.165, 1.54) is 12.4 Å². The number of hydrogen-bond acceptors (Lipinski definition) is 4. The maximum atomic E-state index is 13.4. The molecule has 2 rings (SSSR count). The third-order valence-corrected chi connectivity index (χ3v) is 2.40. The standard InChI is InChI=1S/C13H12F2N4O/c1-2-17-12-7-16-6-11(18-12)13(20)19-10-5-8(14)3-4-9(10)15/h3-7H,2H2,1H3,(H,17,18)(H,19,20). The number of aromatic nitrogens is 2. The fourth-order valence-electron chi connectivity index (χ4n) is 1.52. The van der Waals surface area contributed by atoms with Gasteiger partial charge in [0, 0.05) is 12.6 Å². The Labute approximate surface area is 114 Å². The van der Waals surface area contributed by atoms with E-state index in [2.05, 4.69) is 20.6 Å². The molecule has 0 saturated heterocycles. The molecule has 5 nitrogen and oxygen atoms in total. The Morgan fingerprint density at radius 2 is 2.10 bits per heavy atom. The highest BCUT2D eigenvalue weighted by Crippen LogP contribution is 2.16. The van der Waals surface area contributed by atoms with Crippen LogP contribution in [-0.2, 0) is 0 Å². The molecule has 20 heavy (non-hydrogen) atoms. The van der Waals surface area contributed by atoms with Crippen molar-refractivity contribution in [1.29, 1.82) is 0 Å². The van der Waals surface area contributed by atoms with Crippen molar-refractivity contribution in [2.75, 3.05) is 17.2 Å². The Balaban J connectivity index is 2.19. The minimum atomic E-state index is -0.726. The third-order valence-electron chi connectivity index (χ3n) is 2.40. The van der Waals surface area contributed by atoms with Crippen LogP contribution in [0, 0.1) is 11.6 Å². The van der Waals surface area contributed by atoms with Crippen LogP contribution in [0.2, 0.25) is 0 Å². The molecular formula is C13H12F2N4O. The molecule has 0 saturated carbocycles. The monoisotopic (exact) mass is 278 g/mol. The predicted molar refractivity (Wildman–Crippen MR) is 70.5 cm³/mol. The lowest BCUT2D eigenvalue weighted by Crippen LogP contribution is -2.16. The molecule has 0 aliphatic heterocycles. The molecular weight excluding hydrogens is 266 g/mol. The third kappa shape index (κ3) is 3.25. The highest BCUT2D eigenvalue weighted by molar-refractivity contribution is 6.02. The molecule has 0 spiro atoms. The number of nitrogens with one attached hydrogen (secondary N) is 2. The van der Waals surface area contributed by atoms with Crippen molar-refractivity contribution in [3.05, 3.63) is 47.9 Å². The number of halogens is 2. The second-order valence-corrected chi connectivity index (χ2v) is 3.90. The van der Waals surface area contributed by atoms with Crippen LogP contribution in [0.3, 0.4) is 0 Å². The van der Waals surface area contributed by atoms with Gasteiger partial charge in [0.1, 0.15) is 23.1 Å². The lowest BCUT2D eigenvalue weighted by Gasteiger charge is -2.07. The molecule has 104 valence electrons. The van der Waals surface area contributed by atoms with E-state index in [4.69, 9.17) is 0 Å². The van der Waals surface area contributed by atoms with Gasteiger partial charge >= 0.3 is 0 Å². The highest BCUT2D eigenvalue weighted by Gasteiger charge is 2.12. The summed E-state index contributed by atoms with van der Waals surface area (Å²) < 4.78 is 26.4. The first-order valence-corrected chi connectivity index (χ1v) is 5.92. The molecule has 1 aromatic carbocycles. The van der Waals surface area contributed by atoms with Crippen LogP contribution < -0.4 is 10.6 Å². The molecule has 0 atom stereocenters. The molecule has 1 aromatic heterocycles. The first-order chi connectivity index (χ1) is 9.60. The zero-order valence-electron chi connectivity index (χ0n) is 10.7. The molecule has 0 aliphatic carbocycles. The summed E-state index contributed by atoms with van der Waals surface area (Å²) in [5.74, 6) is -1.61. The summed E-state index contributed by atoms with van der Waals surface area (Å²) in [5, 5.41) is 5.15. The fourth-order valence-corrected chi connectivity index (χ4v) is 1.52. The molecule has 0 bridgehead atoms. The van der Waals surface area contributed by atoms with Crippen LogP contribution in [-0.4, -0.2) is 22.4 Å². The van der Waals surface area contributed by atoms with E-state index in [1.807, 2.05) is 6.92 Å². The number of anilines is 2. The van der Waals surface area contributed by atoms with Crippen LogP contribution >= 0.6 is 0 Å². The fraction of sp³-hybridized carbons (Fsp3) is 0.154. The SMILES string of the molecule is CCNc1cncc(C(=O)Nc2cc(F)ccc2F)n1. The Morgan fingerprint density at radius 1 is 1.30 bits per heavy atom. The Morgan fingerprint density at radius 3 is 2.85 bits per heavy atom. The van der Waals surface area contributed by atoms with Crippen molar-refractivity contribution in [2.45, 2.75) is 6.92 Å². The van der Waals surface area contributed by atoms with E-state index in [0.29, 0.717) is 12.4 Å². The average molecular weight is 278 g/mol. The van der Waals surface area contributed by atoms with Gasteiger partial charge in [-0.2, -0.15) is 0 Å². The number of nitrogens with zero attached hydrogens (tertiary/aromatic N) is 2. The first kappa shape index (κ1) is 13.9. The van der Waals surface area contributed by atoms with Gasteiger partial charge in [-0.1, -0.05) is 0 Å². The zero-order chi connectivity index (χ0) is 14.5. The molecule has 0 radical (unpaired) electrons. The Bertz CT molecular complexity index is 634. The minimum absolute atomic E-state index is 0.00658. The second-order valence-electron chi connectivity index (χ2n) is 3.90. The lowest BCUT2D eigenvalue weighted by atomic mass is 10.3. The van der Waals surface area contributed by atoms with Crippen molar-refractivity contribution in [2.24, 2.45) is 0 Å². The van der Waals surface area contributed by atoms with Gasteiger partial charge < -0.3 is 10.6 Å². The maximum absolute atomic E-state index is 13.4. The number of amides is 1. The van der Waals surface area contributed by atoms with E-state index in [1.54, 1.807) is 0 Å². The Hall–Kier alpha value is -2.57. The molecule has 7 heteroatoms. The number of benzene rings is 1. The molecule has 0 fully saturated rings. The van der Waals surface area contributed by atoms with Crippen molar-refractivity contribution >= 4 is 17.4 Å². The van der Waals surface area contributed by atoms with Gasteiger partial charge in [0.05, 0.1) is 18.1 Å². The number of hydrogen-bond donors (Lipinski definition) is 2. The van der Waals surface area contributed by atoms with E-state index < -0.39 is 17.5 Å². The first-order valence-electron chi connectivity index (χ1n) is 5.92. The molecule has 1 amide bonds. The smallest absolute Gasteiger partial charge is 0.276 e. The summed E-state index contributed by atoms with van der Waals surface area (Å²) in [6, 6.07) is 2.80. The molecule has 2 aromatic rings. The predicted octanol–water partition coefficient (Wildman–Crippen LogP) is 2.44. The van der Waals surface area contributed by atoms with Gasteiger partial charge in [-0.05, 0) is 19.1 Å². The lowest BCUT2D eigenvalue weighted by molar-refractivity contribution is 0.102. The summed E-state index contributed by atoms with van der Waals surface area (Å²) in [6.07, 6.45) is 2.70. The minimum Gasteiger partial charge on any atom is -0.369 e. The van der Waals surface area contributed by atoms with Crippen LogP contribution in [0.1, 0.15) is 17.4 Å². The Kier molecular flexibility index (Phi) is 4.19. The second kappa shape index (κ2) is 6.05. The normalized spacial score (nSPS) is 10.2. The van der Waals surface area contributed by atoms with Gasteiger partial charge in [-0.3, -0.25) is 9.78 Å². The average Bonchev–Trinajstić information content (AvgIpc) is 2.43. The van der Waals surface area contributed by atoms with Gasteiger partial charge in [-0.15, -0.1) is 0 Å². The summed E-state index contributed by atoms with van der Waals surface area (Å²) in [7, 11) is 0. The topological polar surface area (TPSA) is 66.9 Å². The van der Waals surface area contributed by atoms with Crippen LogP contribution in [0.25, 0.3) is 0 Å². The van der Waals surface area contributed by atoms with E-state index in [9.17, 15) is 13.6 Å². The summed E-state index contributed by atoms with van der Waals surface area (Å²) in [4.78, 5) is 19.8. The number of rotatable bonds is 4. The molecule has 2 N–H and O–H groups in total. The molecule has 0 unspecified atom stereocenters. The maximum Gasteiger partial charge on any atom is 0.276 e. The number of carbonyl (C=O) groups is 1. The summed E-state index contributed by atoms with van der Waals surface area (Å²) in [6.45, 7) is 2.49. The van der Waals surface area contributed by atoms with Crippen LogP contribution in [0.5, 0.6) is 0 Å². The van der Waals surface area contributed by atoms with Crippen molar-refractivity contribution in [1.82, 2.24) is 9.97 Å². The molecule has 1 heterocycles. The van der Waals surface area contributed by atoms with Gasteiger partial charge in [0.2, 0.25) is 0 Å². The molecule has 0 aliphatic rings. The van der Waals surface area contributed by atoms with Crippen molar-refractivity contribution in [3.8, 4) is 0 Å². The van der Waals surface area contributed by atoms with Gasteiger partial charge in [-0.25, -0.2) is 13.8 Å². The number of carbonyl (C=O) groups excluding carboxylic acids is 1. The van der Waals surface area contributed by atoms with Gasteiger partial charge in [0.15, 0.2) is 0 Å². The van der Waals surface area contributed by atoms with Crippen molar-refractivity contribution < 1.29 is 13.6 Å².